The molecule has 1 aromatic rings. The molecule has 1 rings (SSSR count). The maximum atomic E-state index is 9.84. The van der Waals surface area contributed by atoms with Crippen molar-refractivity contribution in [1.29, 1.82) is 0 Å². The lowest BCUT2D eigenvalue weighted by molar-refractivity contribution is 0.384. The average molecular weight is 222 g/mol. The number of methoxy groups -OCH3 is 2. The highest BCUT2D eigenvalue weighted by atomic mass is 16.5. The molecule has 0 saturated heterocycles. The molecule has 0 bridgehead atoms. The van der Waals surface area contributed by atoms with E-state index in [1.54, 1.807) is 26.4 Å². The minimum absolute atomic E-state index is 0.160. The van der Waals surface area contributed by atoms with Gasteiger partial charge in [-0.25, -0.2) is 0 Å². The molecule has 1 aromatic carbocycles. The molecule has 0 saturated carbocycles. The van der Waals surface area contributed by atoms with Crippen LogP contribution in [0.2, 0.25) is 0 Å². The molecule has 0 aliphatic carbocycles. The fourth-order valence-electron chi connectivity index (χ4n) is 1.33. The molecule has 0 radical (unpaired) electrons. The Bertz CT molecular complexity index is 381. The lowest BCUT2D eigenvalue weighted by atomic mass is 10.1. The van der Waals surface area contributed by atoms with Crippen molar-refractivity contribution in [3.63, 3.8) is 0 Å². The van der Waals surface area contributed by atoms with Crippen LogP contribution in [0.15, 0.2) is 18.2 Å². The number of phenols is 1. The van der Waals surface area contributed by atoms with Gasteiger partial charge >= 0.3 is 0 Å². The van der Waals surface area contributed by atoms with Crippen LogP contribution in [-0.2, 0) is 0 Å². The molecule has 0 amide bonds. The summed E-state index contributed by atoms with van der Waals surface area (Å²) in [4.78, 5) is 0. The molecule has 0 unspecified atom stereocenters. The maximum absolute atomic E-state index is 9.84. The van der Waals surface area contributed by atoms with E-state index in [0.29, 0.717) is 23.0 Å². The Hall–Kier alpha value is -1.64. The summed E-state index contributed by atoms with van der Waals surface area (Å²) in [5, 5.41) is 9.84. The SMILES string of the molecule is COc1cc(O)c(/C=C/C(C)C)c(OC)c1. The summed E-state index contributed by atoms with van der Waals surface area (Å²) < 4.78 is 10.3. The van der Waals surface area contributed by atoms with E-state index in [2.05, 4.69) is 13.8 Å². The van der Waals surface area contributed by atoms with Crippen LogP contribution in [-0.4, -0.2) is 19.3 Å². The molecule has 0 heterocycles. The van der Waals surface area contributed by atoms with Gasteiger partial charge in [0.1, 0.15) is 17.2 Å². The third-order valence-electron chi connectivity index (χ3n) is 2.20. The van der Waals surface area contributed by atoms with Gasteiger partial charge in [-0.1, -0.05) is 26.0 Å². The summed E-state index contributed by atoms with van der Waals surface area (Å²) in [5.74, 6) is 1.77. The molecule has 0 aliphatic heterocycles. The smallest absolute Gasteiger partial charge is 0.133 e. The van der Waals surface area contributed by atoms with Gasteiger partial charge in [-0.05, 0) is 5.92 Å². The number of aromatic hydroxyl groups is 1. The van der Waals surface area contributed by atoms with E-state index in [1.165, 1.54) is 0 Å². The first-order chi connectivity index (χ1) is 7.58. The minimum Gasteiger partial charge on any atom is -0.507 e. The van der Waals surface area contributed by atoms with Crippen LogP contribution in [0.25, 0.3) is 6.08 Å². The van der Waals surface area contributed by atoms with E-state index in [1.807, 2.05) is 12.2 Å². The second-order valence-corrected chi connectivity index (χ2v) is 3.87. The number of ether oxygens (including phenoxy) is 2. The first-order valence-electron chi connectivity index (χ1n) is 5.21. The normalized spacial score (nSPS) is 11.1. The topological polar surface area (TPSA) is 38.7 Å². The van der Waals surface area contributed by atoms with Crippen LogP contribution < -0.4 is 9.47 Å². The average Bonchev–Trinajstić information content (AvgIpc) is 2.26. The van der Waals surface area contributed by atoms with Gasteiger partial charge in [0.15, 0.2) is 0 Å². The van der Waals surface area contributed by atoms with Gasteiger partial charge in [-0.2, -0.15) is 0 Å². The van der Waals surface area contributed by atoms with E-state index in [-0.39, 0.29) is 5.75 Å². The quantitative estimate of drug-likeness (QED) is 0.850. The standard InChI is InChI=1S/C13H18O3/c1-9(2)5-6-11-12(14)7-10(15-3)8-13(11)16-4/h5-9,14H,1-4H3/b6-5+. The molecular weight excluding hydrogens is 204 g/mol. The lowest BCUT2D eigenvalue weighted by Crippen LogP contribution is -1.91. The molecule has 0 fully saturated rings. The minimum atomic E-state index is 0.160. The molecule has 0 atom stereocenters. The second-order valence-electron chi connectivity index (χ2n) is 3.87. The van der Waals surface area contributed by atoms with E-state index >= 15 is 0 Å². The van der Waals surface area contributed by atoms with Crippen molar-refractivity contribution in [3.8, 4) is 17.2 Å². The molecule has 16 heavy (non-hydrogen) atoms. The Labute approximate surface area is 96.3 Å². The number of phenolic OH excluding ortho intramolecular Hbond substituents is 1. The third kappa shape index (κ3) is 2.92. The maximum Gasteiger partial charge on any atom is 0.133 e. The van der Waals surface area contributed by atoms with Crippen molar-refractivity contribution in [2.24, 2.45) is 5.92 Å². The van der Waals surface area contributed by atoms with Crippen molar-refractivity contribution in [3.05, 3.63) is 23.8 Å². The van der Waals surface area contributed by atoms with Gasteiger partial charge in [0, 0.05) is 12.1 Å². The number of hydrogen-bond acceptors (Lipinski definition) is 3. The monoisotopic (exact) mass is 222 g/mol. The van der Waals surface area contributed by atoms with Gasteiger partial charge in [0.25, 0.3) is 0 Å². The zero-order valence-electron chi connectivity index (χ0n) is 10.2. The van der Waals surface area contributed by atoms with Crippen LogP contribution in [0.5, 0.6) is 17.2 Å². The van der Waals surface area contributed by atoms with Crippen LogP contribution in [0.1, 0.15) is 19.4 Å². The number of hydrogen-bond donors (Lipinski definition) is 1. The molecule has 1 N–H and O–H groups in total. The molecule has 88 valence electrons. The highest BCUT2D eigenvalue weighted by Gasteiger charge is 2.08. The van der Waals surface area contributed by atoms with Gasteiger partial charge in [-0.3, -0.25) is 0 Å². The number of allylic oxidation sites excluding steroid dienone is 1. The fourth-order valence-corrected chi connectivity index (χ4v) is 1.33. The van der Waals surface area contributed by atoms with Crippen LogP contribution in [0.3, 0.4) is 0 Å². The Morgan fingerprint density at radius 2 is 1.88 bits per heavy atom. The molecule has 3 nitrogen and oxygen atoms in total. The largest absolute Gasteiger partial charge is 0.507 e. The van der Waals surface area contributed by atoms with Crippen molar-refractivity contribution >= 4 is 6.08 Å². The van der Waals surface area contributed by atoms with E-state index in [9.17, 15) is 5.11 Å². The van der Waals surface area contributed by atoms with Gasteiger partial charge in [0.2, 0.25) is 0 Å². The van der Waals surface area contributed by atoms with E-state index in [4.69, 9.17) is 9.47 Å². The molecule has 0 aromatic heterocycles. The predicted molar refractivity (Wildman–Crippen MR) is 65.1 cm³/mol. The van der Waals surface area contributed by atoms with Crippen LogP contribution in [0, 0.1) is 5.92 Å². The van der Waals surface area contributed by atoms with Crippen LogP contribution in [0.4, 0.5) is 0 Å². The van der Waals surface area contributed by atoms with Gasteiger partial charge in [0.05, 0.1) is 19.8 Å². The van der Waals surface area contributed by atoms with Crippen molar-refractivity contribution in [2.75, 3.05) is 14.2 Å². The van der Waals surface area contributed by atoms with E-state index in [0.717, 1.165) is 0 Å². The summed E-state index contributed by atoms with van der Waals surface area (Å²) in [6, 6.07) is 3.32. The predicted octanol–water partition coefficient (Wildman–Crippen LogP) is 3.08. The lowest BCUT2D eigenvalue weighted by Gasteiger charge is -2.10. The Morgan fingerprint density at radius 1 is 1.19 bits per heavy atom. The molecular formula is C13H18O3. The van der Waals surface area contributed by atoms with Crippen LogP contribution >= 0.6 is 0 Å². The van der Waals surface area contributed by atoms with Crippen molar-refractivity contribution in [2.45, 2.75) is 13.8 Å². The van der Waals surface area contributed by atoms with Gasteiger partial charge < -0.3 is 14.6 Å². The number of rotatable bonds is 4. The summed E-state index contributed by atoms with van der Waals surface area (Å²) in [6.45, 7) is 4.15. The highest BCUT2D eigenvalue weighted by Crippen LogP contribution is 2.34. The van der Waals surface area contributed by atoms with E-state index < -0.39 is 0 Å². The van der Waals surface area contributed by atoms with Gasteiger partial charge in [-0.15, -0.1) is 0 Å². The molecule has 0 aliphatic rings. The summed E-state index contributed by atoms with van der Waals surface area (Å²) >= 11 is 0. The summed E-state index contributed by atoms with van der Waals surface area (Å²) in [5.41, 5.74) is 0.678. The second kappa shape index (κ2) is 5.45. The zero-order chi connectivity index (χ0) is 12.1. The number of benzene rings is 1. The van der Waals surface area contributed by atoms with Crippen molar-refractivity contribution in [1.82, 2.24) is 0 Å². The molecule has 3 heteroatoms. The third-order valence-corrected chi connectivity index (χ3v) is 2.20. The summed E-state index contributed by atoms with van der Waals surface area (Å²) in [6.07, 6.45) is 3.86. The zero-order valence-corrected chi connectivity index (χ0v) is 10.2. The Morgan fingerprint density at radius 3 is 2.38 bits per heavy atom. The highest BCUT2D eigenvalue weighted by molar-refractivity contribution is 5.66. The molecule has 0 spiro atoms. The first-order valence-corrected chi connectivity index (χ1v) is 5.21. The first kappa shape index (κ1) is 12.4. The fraction of sp³-hybridized carbons (Fsp3) is 0.385. The Kier molecular flexibility index (Phi) is 4.23. The Balaban J connectivity index is 3.16. The summed E-state index contributed by atoms with van der Waals surface area (Å²) in [7, 11) is 3.12. The van der Waals surface area contributed by atoms with Crippen molar-refractivity contribution < 1.29 is 14.6 Å².